The van der Waals surface area contributed by atoms with Crippen LogP contribution in [-0.2, 0) is 23.1 Å². The molecule has 0 bridgehead atoms. The van der Waals surface area contributed by atoms with Gasteiger partial charge in [-0.1, -0.05) is 12.1 Å². The number of para-hydroxylation sites is 1. The van der Waals surface area contributed by atoms with Gasteiger partial charge in [0.2, 0.25) is 5.78 Å². The first-order valence-electron chi connectivity index (χ1n) is 7.80. The first kappa shape index (κ1) is 18.6. The van der Waals surface area contributed by atoms with Crippen molar-refractivity contribution in [1.82, 2.24) is 0 Å². The lowest BCUT2D eigenvalue weighted by molar-refractivity contribution is -0.155. The third kappa shape index (κ3) is 3.38. The minimum atomic E-state index is -3.72. The fraction of sp³-hybridized carbons (Fsp3) is 0.500. The Morgan fingerprint density at radius 3 is 2.29 bits per heavy atom. The van der Waals surface area contributed by atoms with Crippen LogP contribution in [0.3, 0.4) is 0 Å². The summed E-state index contributed by atoms with van der Waals surface area (Å²) in [6, 6.07) is 6.45. The van der Waals surface area contributed by atoms with Crippen molar-refractivity contribution in [1.29, 1.82) is 0 Å². The first-order chi connectivity index (χ1) is 11.4. The highest BCUT2D eigenvalue weighted by Gasteiger charge is 2.59. The van der Waals surface area contributed by atoms with Gasteiger partial charge in [-0.15, -0.1) is 0 Å². The summed E-state index contributed by atoms with van der Waals surface area (Å²) < 4.78 is 34.0. The Hall–Kier alpha value is -1.69. The van der Waals surface area contributed by atoms with Crippen molar-refractivity contribution in [2.45, 2.75) is 26.4 Å². The molecule has 1 atom stereocenters. The van der Waals surface area contributed by atoms with Gasteiger partial charge in [0.25, 0.3) is 5.60 Å². The molecule has 7 nitrogen and oxygen atoms in total. The molecule has 0 radical (unpaired) electrons. The van der Waals surface area contributed by atoms with Crippen molar-refractivity contribution < 1.29 is 32.7 Å². The Labute approximate surface area is 140 Å². The standard InChI is InChI=1S/C16H21O7P/c1-4-20-15(18)16(11-24(19,21-5-2)22-6-3)14(17)12-9-7-8-10-13(12)23-16/h7-10H,4-6,11H2,1-3H3/t16-/m1/s1. The molecular weight excluding hydrogens is 335 g/mol. The van der Waals surface area contributed by atoms with E-state index in [1.807, 2.05) is 0 Å². The molecule has 0 N–H and O–H groups in total. The summed E-state index contributed by atoms with van der Waals surface area (Å²) >= 11 is 0. The lowest BCUT2D eigenvalue weighted by atomic mass is 9.97. The maximum atomic E-state index is 12.9. The van der Waals surface area contributed by atoms with Gasteiger partial charge in [-0.25, -0.2) is 4.79 Å². The SMILES string of the molecule is CCOC(=O)[C@]1(CP(=O)(OCC)OCC)Oc2ccccc2C1=O. The Bertz CT molecular complexity index is 662. The average molecular weight is 356 g/mol. The maximum Gasteiger partial charge on any atom is 0.359 e. The van der Waals surface area contributed by atoms with Crippen LogP contribution in [0.5, 0.6) is 5.75 Å². The molecule has 0 aliphatic carbocycles. The summed E-state index contributed by atoms with van der Waals surface area (Å²) in [5.74, 6) is -1.25. The second-order valence-electron chi connectivity index (χ2n) is 5.08. The Balaban J connectivity index is 2.45. The van der Waals surface area contributed by atoms with Crippen LogP contribution in [0.15, 0.2) is 24.3 Å². The van der Waals surface area contributed by atoms with E-state index in [4.69, 9.17) is 18.5 Å². The molecule has 0 saturated heterocycles. The Morgan fingerprint density at radius 1 is 1.12 bits per heavy atom. The molecule has 1 aromatic rings. The molecule has 1 aliphatic rings. The van der Waals surface area contributed by atoms with E-state index in [1.54, 1.807) is 45.0 Å². The van der Waals surface area contributed by atoms with E-state index >= 15 is 0 Å². The number of fused-ring (bicyclic) bond motifs is 1. The summed E-state index contributed by atoms with van der Waals surface area (Å²) in [4.78, 5) is 25.4. The predicted octanol–water partition coefficient (Wildman–Crippen LogP) is 2.83. The number of benzene rings is 1. The van der Waals surface area contributed by atoms with Crippen LogP contribution >= 0.6 is 7.60 Å². The van der Waals surface area contributed by atoms with Gasteiger partial charge in [0.15, 0.2) is 0 Å². The summed E-state index contributed by atoms with van der Waals surface area (Å²) in [5.41, 5.74) is -1.82. The van der Waals surface area contributed by atoms with Crippen LogP contribution in [0.1, 0.15) is 31.1 Å². The lowest BCUT2D eigenvalue weighted by Crippen LogP contribution is -2.52. The van der Waals surface area contributed by atoms with Crippen LogP contribution in [0.25, 0.3) is 0 Å². The summed E-state index contributed by atoms with van der Waals surface area (Å²) in [6.45, 7) is 5.18. The summed E-state index contributed by atoms with van der Waals surface area (Å²) in [5, 5.41) is 0. The van der Waals surface area contributed by atoms with Crippen molar-refractivity contribution in [2.75, 3.05) is 26.0 Å². The fourth-order valence-corrected chi connectivity index (χ4v) is 4.47. The minimum Gasteiger partial charge on any atom is -0.466 e. The molecule has 0 fully saturated rings. The fourth-order valence-electron chi connectivity index (χ4n) is 2.54. The lowest BCUT2D eigenvalue weighted by Gasteiger charge is -2.28. The van der Waals surface area contributed by atoms with Crippen molar-refractivity contribution >= 4 is 19.3 Å². The third-order valence-electron chi connectivity index (χ3n) is 3.46. The van der Waals surface area contributed by atoms with E-state index in [9.17, 15) is 14.2 Å². The second-order valence-corrected chi connectivity index (χ2v) is 7.13. The van der Waals surface area contributed by atoms with Gasteiger partial charge in [0, 0.05) is 0 Å². The number of esters is 1. The average Bonchev–Trinajstić information content (AvgIpc) is 2.82. The van der Waals surface area contributed by atoms with Crippen molar-refractivity contribution in [3.05, 3.63) is 29.8 Å². The van der Waals surface area contributed by atoms with Gasteiger partial charge >= 0.3 is 13.6 Å². The zero-order chi connectivity index (χ0) is 17.8. The van der Waals surface area contributed by atoms with Crippen LogP contribution in [0.2, 0.25) is 0 Å². The number of carbonyl (C=O) groups excluding carboxylic acids is 2. The summed E-state index contributed by atoms with van der Waals surface area (Å²) in [6.07, 6.45) is -0.534. The van der Waals surface area contributed by atoms with Gasteiger partial charge < -0.3 is 18.5 Å². The number of hydrogen-bond donors (Lipinski definition) is 0. The minimum absolute atomic E-state index is 0.0567. The van der Waals surface area contributed by atoms with E-state index in [2.05, 4.69) is 0 Å². The van der Waals surface area contributed by atoms with Crippen LogP contribution in [-0.4, -0.2) is 43.3 Å². The number of ketones is 1. The molecule has 1 heterocycles. The van der Waals surface area contributed by atoms with Gasteiger partial charge in [0.05, 0.1) is 25.4 Å². The zero-order valence-electron chi connectivity index (χ0n) is 13.9. The molecule has 132 valence electrons. The van der Waals surface area contributed by atoms with E-state index in [-0.39, 0.29) is 31.1 Å². The number of hydrogen-bond acceptors (Lipinski definition) is 7. The van der Waals surface area contributed by atoms with Gasteiger partial charge in [-0.05, 0) is 32.9 Å². The second kappa shape index (κ2) is 7.47. The van der Waals surface area contributed by atoms with E-state index in [1.165, 1.54) is 0 Å². The van der Waals surface area contributed by atoms with E-state index in [0.29, 0.717) is 0 Å². The molecule has 2 rings (SSSR count). The Kier molecular flexibility index (Phi) is 5.80. The largest absolute Gasteiger partial charge is 0.466 e. The molecule has 1 aromatic carbocycles. The Morgan fingerprint density at radius 2 is 1.75 bits per heavy atom. The molecule has 0 saturated carbocycles. The molecule has 8 heteroatoms. The highest BCUT2D eigenvalue weighted by Crippen LogP contribution is 2.53. The van der Waals surface area contributed by atoms with Crippen molar-refractivity contribution in [3.63, 3.8) is 0 Å². The van der Waals surface area contributed by atoms with Gasteiger partial charge in [0.1, 0.15) is 11.9 Å². The van der Waals surface area contributed by atoms with Gasteiger partial charge in [-0.3, -0.25) is 9.36 Å². The highest BCUT2D eigenvalue weighted by molar-refractivity contribution is 7.54. The number of carbonyl (C=O) groups is 2. The predicted molar refractivity (Wildman–Crippen MR) is 86.5 cm³/mol. The number of Topliss-reactive ketones (excluding diaryl/α,β-unsaturated/α-hetero) is 1. The highest BCUT2D eigenvalue weighted by atomic mass is 31.2. The van der Waals surface area contributed by atoms with E-state index < -0.39 is 31.1 Å². The van der Waals surface area contributed by atoms with Crippen molar-refractivity contribution in [3.8, 4) is 5.75 Å². The van der Waals surface area contributed by atoms with Crippen LogP contribution in [0, 0.1) is 0 Å². The quantitative estimate of drug-likeness (QED) is 0.402. The monoisotopic (exact) mass is 356 g/mol. The van der Waals surface area contributed by atoms with Crippen molar-refractivity contribution in [2.24, 2.45) is 0 Å². The molecule has 0 amide bonds. The molecule has 0 aromatic heterocycles. The molecular formula is C16H21O7P. The number of ether oxygens (including phenoxy) is 2. The smallest absolute Gasteiger partial charge is 0.359 e. The maximum absolute atomic E-state index is 12.9. The zero-order valence-corrected chi connectivity index (χ0v) is 14.8. The summed E-state index contributed by atoms with van der Waals surface area (Å²) in [7, 11) is -3.72. The van der Waals surface area contributed by atoms with E-state index in [0.717, 1.165) is 0 Å². The van der Waals surface area contributed by atoms with Crippen LogP contribution in [0.4, 0.5) is 0 Å². The first-order valence-corrected chi connectivity index (χ1v) is 9.53. The molecule has 1 aliphatic heterocycles. The third-order valence-corrected chi connectivity index (χ3v) is 5.59. The normalized spacial score (nSPS) is 19.7. The topological polar surface area (TPSA) is 88.1 Å². The van der Waals surface area contributed by atoms with Crippen LogP contribution < -0.4 is 4.74 Å². The molecule has 0 unspecified atom stereocenters. The molecule has 0 spiro atoms. The molecule has 24 heavy (non-hydrogen) atoms. The van der Waals surface area contributed by atoms with Gasteiger partial charge in [-0.2, -0.15) is 0 Å². The number of rotatable bonds is 8.